The molecule has 0 bridgehead atoms. The van der Waals surface area contributed by atoms with Crippen molar-refractivity contribution in [2.75, 3.05) is 6.61 Å². The molecule has 0 aromatic carbocycles. The maximum atomic E-state index is 12.0. The van der Waals surface area contributed by atoms with Gasteiger partial charge in [0.2, 0.25) is 0 Å². The Hall–Kier alpha value is -1.41. The van der Waals surface area contributed by atoms with Crippen LogP contribution in [0.3, 0.4) is 0 Å². The van der Waals surface area contributed by atoms with Crippen molar-refractivity contribution in [2.45, 2.75) is 19.3 Å². The molecule has 0 aliphatic rings. The van der Waals surface area contributed by atoms with Crippen LogP contribution in [0.4, 0.5) is 26.3 Å². The van der Waals surface area contributed by atoms with Gasteiger partial charge in [-0.15, -0.1) is 0 Å². The maximum Gasteiger partial charge on any atom is 0.423 e. The molecule has 0 saturated heterocycles. The molecule has 0 atom stereocenters. The van der Waals surface area contributed by atoms with Gasteiger partial charge in [-0.1, -0.05) is 0 Å². The third-order valence-electron chi connectivity index (χ3n) is 1.33. The average Bonchev–Trinajstić information content (AvgIpc) is 1.98. The number of alkyl halides is 6. The summed E-state index contributed by atoms with van der Waals surface area (Å²) >= 11 is 0. The van der Waals surface area contributed by atoms with Crippen LogP contribution in [0.25, 0.3) is 0 Å². The van der Waals surface area contributed by atoms with Gasteiger partial charge in [-0.05, 0) is 6.92 Å². The maximum absolute atomic E-state index is 12.0. The third-order valence-corrected chi connectivity index (χ3v) is 1.33. The summed E-state index contributed by atoms with van der Waals surface area (Å²) in [7, 11) is 0. The molecule has 0 aromatic heterocycles. The third kappa shape index (κ3) is 3.63. The molecule has 0 heterocycles. The first kappa shape index (κ1) is 14.6. The van der Waals surface area contributed by atoms with E-state index in [1.54, 1.807) is 0 Å². The van der Waals surface area contributed by atoms with Crippen molar-refractivity contribution in [3.8, 4) is 0 Å². The van der Waals surface area contributed by atoms with Crippen molar-refractivity contribution >= 4 is 5.97 Å². The zero-order valence-corrected chi connectivity index (χ0v) is 7.87. The van der Waals surface area contributed by atoms with Crippen LogP contribution in [0, 0.1) is 0 Å². The number of halogens is 6. The summed E-state index contributed by atoms with van der Waals surface area (Å²) in [6, 6.07) is 0. The van der Waals surface area contributed by atoms with Crippen molar-refractivity contribution in [3.05, 3.63) is 11.3 Å². The van der Waals surface area contributed by atoms with Crippen molar-refractivity contribution in [1.82, 2.24) is 0 Å². The quantitative estimate of drug-likeness (QED) is 0.463. The molecule has 0 amide bonds. The standard InChI is InChI=1S/C7H7F6NO2/c1-2-16-5(15)3(14)4(6(8,9)10)7(11,12)13/h2,14H2,1H3. The van der Waals surface area contributed by atoms with Crippen LogP contribution in [0.5, 0.6) is 0 Å². The number of hydrogen-bond donors (Lipinski definition) is 1. The molecule has 3 nitrogen and oxygen atoms in total. The number of allylic oxidation sites excluding steroid dienone is 1. The molecule has 0 fully saturated rings. The van der Waals surface area contributed by atoms with Gasteiger partial charge in [-0.25, -0.2) is 4.79 Å². The first-order chi connectivity index (χ1) is 7.01. The number of nitrogens with two attached hydrogens (primary N) is 1. The lowest BCUT2D eigenvalue weighted by Crippen LogP contribution is -2.33. The van der Waals surface area contributed by atoms with Crippen molar-refractivity contribution < 1.29 is 35.9 Å². The summed E-state index contributed by atoms with van der Waals surface area (Å²) in [4.78, 5) is 10.7. The van der Waals surface area contributed by atoms with E-state index < -0.39 is 29.6 Å². The van der Waals surface area contributed by atoms with E-state index >= 15 is 0 Å². The minimum Gasteiger partial charge on any atom is -0.461 e. The number of carbonyl (C=O) groups excluding carboxylic acids is 1. The highest BCUT2D eigenvalue weighted by atomic mass is 19.4. The van der Waals surface area contributed by atoms with Gasteiger partial charge in [0.1, 0.15) is 5.70 Å². The Labute approximate surface area is 85.8 Å². The second-order valence-electron chi connectivity index (χ2n) is 2.50. The highest BCUT2D eigenvalue weighted by Gasteiger charge is 2.54. The van der Waals surface area contributed by atoms with E-state index in [-0.39, 0.29) is 6.61 Å². The molecule has 94 valence electrons. The molecule has 0 rings (SSSR count). The fourth-order valence-electron chi connectivity index (χ4n) is 0.777. The van der Waals surface area contributed by atoms with E-state index in [0.29, 0.717) is 0 Å². The van der Waals surface area contributed by atoms with Crippen LogP contribution in [0.1, 0.15) is 6.92 Å². The van der Waals surface area contributed by atoms with E-state index in [0.717, 1.165) is 0 Å². The molecule has 0 unspecified atom stereocenters. The topological polar surface area (TPSA) is 52.3 Å². The molecule has 0 aromatic rings. The largest absolute Gasteiger partial charge is 0.461 e. The van der Waals surface area contributed by atoms with Crippen LogP contribution < -0.4 is 5.73 Å². The van der Waals surface area contributed by atoms with Crippen LogP contribution in [0.15, 0.2) is 11.3 Å². The Morgan fingerprint density at radius 1 is 1.12 bits per heavy atom. The highest BCUT2D eigenvalue weighted by molar-refractivity contribution is 5.88. The first-order valence-electron chi connectivity index (χ1n) is 3.83. The van der Waals surface area contributed by atoms with Gasteiger partial charge in [0, 0.05) is 0 Å². The first-order valence-corrected chi connectivity index (χ1v) is 3.83. The van der Waals surface area contributed by atoms with Crippen LogP contribution in [-0.2, 0) is 9.53 Å². The zero-order chi connectivity index (χ0) is 13.1. The fourth-order valence-corrected chi connectivity index (χ4v) is 0.777. The number of carbonyl (C=O) groups is 1. The number of rotatable bonds is 2. The Bertz CT molecular complexity index is 287. The van der Waals surface area contributed by atoms with Gasteiger partial charge < -0.3 is 10.5 Å². The number of ether oxygens (including phenoxy) is 1. The van der Waals surface area contributed by atoms with Crippen LogP contribution in [-0.4, -0.2) is 24.9 Å². The summed E-state index contributed by atoms with van der Waals surface area (Å²) in [6.07, 6.45) is -11.5. The van der Waals surface area contributed by atoms with Gasteiger partial charge in [-0.2, -0.15) is 26.3 Å². The molecule has 0 spiro atoms. The summed E-state index contributed by atoms with van der Waals surface area (Å²) in [6.45, 7) is 0.828. The van der Waals surface area contributed by atoms with Gasteiger partial charge in [-0.3, -0.25) is 0 Å². The van der Waals surface area contributed by atoms with Crippen LogP contribution in [0.2, 0.25) is 0 Å². The molecule has 2 N–H and O–H groups in total. The lowest BCUT2D eigenvalue weighted by Gasteiger charge is -2.16. The molecule has 0 aliphatic heterocycles. The Morgan fingerprint density at radius 3 is 1.75 bits per heavy atom. The molecular weight excluding hydrogens is 244 g/mol. The van der Waals surface area contributed by atoms with E-state index in [1.807, 2.05) is 0 Å². The second kappa shape index (κ2) is 4.62. The molecule has 16 heavy (non-hydrogen) atoms. The predicted molar refractivity (Wildman–Crippen MR) is 40.0 cm³/mol. The minimum atomic E-state index is -5.77. The number of esters is 1. The smallest absolute Gasteiger partial charge is 0.423 e. The molecule has 9 heteroatoms. The highest BCUT2D eigenvalue weighted by Crippen LogP contribution is 2.39. The van der Waals surface area contributed by atoms with E-state index in [2.05, 4.69) is 10.5 Å². The predicted octanol–water partition coefficient (Wildman–Crippen LogP) is 1.89. The van der Waals surface area contributed by atoms with Gasteiger partial charge in [0.25, 0.3) is 0 Å². The van der Waals surface area contributed by atoms with Gasteiger partial charge in [0.15, 0.2) is 5.57 Å². The Balaban J connectivity index is 5.49. The minimum absolute atomic E-state index is 0.386. The number of hydrogen-bond acceptors (Lipinski definition) is 3. The summed E-state index contributed by atoms with van der Waals surface area (Å²) < 4.78 is 76.0. The van der Waals surface area contributed by atoms with Crippen LogP contribution >= 0.6 is 0 Å². The SMILES string of the molecule is CCOC(=O)C(N)=C(C(F)(F)F)C(F)(F)F. The molecule has 0 aliphatic carbocycles. The fraction of sp³-hybridized carbons (Fsp3) is 0.571. The lowest BCUT2D eigenvalue weighted by atomic mass is 10.2. The van der Waals surface area contributed by atoms with Gasteiger partial charge >= 0.3 is 18.3 Å². The summed E-state index contributed by atoms with van der Waals surface area (Å²) in [5, 5.41) is 0. The lowest BCUT2D eigenvalue weighted by molar-refractivity contribution is -0.175. The van der Waals surface area contributed by atoms with Gasteiger partial charge in [0.05, 0.1) is 6.61 Å². The molecule has 0 radical (unpaired) electrons. The normalized spacial score (nSPS) is 12.2. The van der Waals surface area contributed by atoms with E-state index in [9.17, 15) is 31.1 Å². The second-order valence-corrected chi connectivity index (χ2v) is 2.50. The summed E-state index contributed by atoms with van der Waals surface area (Å²) in [5.74, 6) is -1.85. The summed E-state index contributed by atoms with van der Waals surface area (Å²) in [5.41, 5.74) is -0.570. The Kier molecular flexibility index (Phi) is 4.21. The zero-order valence-electron chi connectivity index (χ0n) is 7.87. The molecule has 0 saturated carbocycles. The molecular formula is C7H7F6NO2. The monoisotopic (exact) mass is 251 g/mol. The van der Waals surface area contributed by atoms with E-state index in [1.165, 1.54) is 6.92 Å². The Morgan fingerprint density at radius 2 is 1.50 bits per heavy atom. The van der Waals surface area contributed by atoms with Crippen molar-refractivity contribution in [2.24, 2.45) is 5.73 Å². The van der Waals surface area contributed by atoms with E-state index in [4.69, 9.17) is 0 Å². The van der Waals surface area contributed by atoms with Crippen molar-refractivity contribution in [3.63, 3.8) is 0 Å². The average molecular weight is 251 g/mol. The van der Waals surface area contributed by atoms with Crippen molar-refractivity contribution in [1.29, 1.82) is 0 Å².